The zero-order chi connectivity index (χ0) is 15.5. The van der Waals surface area contributed by atoms with Crippen molar-refractivity contribution in [3.63, 3.8) is 0 Å². The summed E-state index contributed by atoms with van der Waals surface area (Å²) in [5.41, 5.74) is 0.854. The molecule has 0 bridgehead atoms. The van der Waals surface area contributed by atoms with Crippen molar-refractivity contribution in [3.8, 4) is 10.6 Å². The van der Waals surface area contributed by atoms with Gasteiger partial charge in [-0.2, -0.15) is 5.10 Å². The maximum Gasteiger partial charge on any atom is 0.246 e. The lowest BCUT2D eigenvalue weighted by Crippen LogP contribution is -2.19. The van der Waals surface area contributed by atoms with Gasteiger partial charge in [-0.25, -0.2) is 8.78 Å². The number of benzene rings is 1. The van der Waals surface area contributed by atoms with Crippen molar-refractivity contribution in [1.29, 1.82) is 0 Å². The highest BCUT2D eigenvalue weighted by Gasteiger charge is 2.08. The summed E-state index contributed by atoms with van der Waals surface area (Å²) in [6.07, 6.45) is 1.68. The molecule has 4 nitrogen and oxygen atoms in total. The van der Waals surface area contributed by atoms with Crippen LogP contribution in [0.4, 0.5) is 14.5 Å². The third-order valence-electron chi connectivity index (χ3n) is 2.87. The van der Waals surface area contributed by atoms with Crippen LogP contribution in [0, 0.1) is 11.6 Å². The molecule has 3 rings (SSSR count). The molecule has 0 saturated heterocycles. The number of hydrogen-bond donors (Lipinski definition) is 1. The van der Waals surface area contributed by atoms with Crippen LogP contribution in [0.1, 0.15) is 0 Å². The number of carbonyl (C=O) groups is 1. The van der Waals surface area contributed by atoms with Crippen molar-refractivity contribution in [2.75, 3.05) is 5.32 Å². The van der Waals surface area contributed by atoms with Crippen molar-refractivity contribution >= 4 is 22.9 Å². The molecule has 1 amide bonds. The van der Waals surface area contributed by atoms with E-state index in [9.17, 15) is 13.6 Å². The lowest BCUT2D eigenvalue weighted by atomic mass is 10.3. The summed E-state index contributed by atoms with van der Waals surface area (Å²) in [4.78, 5) is 12.9. The van der Waals surface area contributed by atoms with Gasteiger partial charge in [0, 0.05) is 18.0 Å². The summed E-state index contributed by atoms with van der Waals surface area (Å²) in [6, 6.07) is 8.52. The van der Waals surface area contributed by atoms with Crippen LogP contribution < -0.4 is 5.32 Å². The second kappa shape index (κ2) is 6.07. The van der Waals surface area contributed by atoms with Crippen LogP contribution in [0.2, 0.25) is 0 Å². The molecule has 0 aliphatic heterocycles. The Labute approximate surface area is 129 Å². The molecule has 0 atom stereocenters. The number of anilines is 1. The molecule has 0 aliphatic rings. The Balaban J connectivity index is 1.67. The van der Waals surface area contributed by atoms with E-state index in [2.05, 4.69) is 10.4 Å². The molecular formula is C15H11F2N3OS. The topological polar surface area (TPSA) is 46.9 Å². The Bertz CT molecular complexity index is 779. The number of halogens is 2. The molecule has 22 heavy (non-hydrogen) atoms. The van der Waals surface area contributed by atoms with Gasteiger partial charge < -0.3 is 5.32 Å². The first-order valence-corrected chi connectivity index (χ1v) is 7.31. The van der Waals surface area contributed by atoms with Gasteiger partial charge in [0.1, 0.15) is 23.9 Å². The number of hydrogen-bond acceptors (Lipinski definition) is 3. The van der Waals surface area contributed by atoms with E-state index in [1.54, 1.807) is 23.6 Å². The monoisotopic (exact) mass is 319 g/mol. The average molecular weight is 319 g/mol. The molecule has 0 radical (unpaired) electrons. The van der Waals surface area contributed by atoms with Crippen molar-refractivity contribution in [3.05, 3.63) is 59.6 Å². The fraction of sp³-hybridized carbons (Fsp3) is 0.0667. The number of rotatable bonds is 4. The molecule has 2 heterocycles. The van der Waals surface area contributed by atoms with E-state index in [1.165, 1.54) is 4.68 Å². The Morgan fingerprint density at radius 2 is 2.00 bits per heavy atom. The van der Waals surface area contributed by atoms with Crippen LogP contribution in [0.25, 0.3) is 10.6 Å². The summed E-state index contributed by atoms with van der Waals surface area (Å²) in [7, 11) is 0. The number of thiophene rings is 1. The van der Waals surface area contributed by atoms with Gasteiger partial charge in [-0.3, -0.25) is 9.48 Å². The molecule has 3 aromatic rings. The molecule has 7 heteroatoms. The minimum Gasteiger partial charge on any atom is -0.324 e. The van der Waals surface area contributed by atoms with E-state index in [0.717, 1.165) is 28.8 Å². The summed E-state index contributed by atoms with van der Waals surface area (Å²) in [6.45, 7) is -0.0382. The summed E-state index contributed by atoms with van der Waals surface area (Å²) in [5.74, 6) is -1.89. The van der Waals surface area contributed by atoms with E-state index in [-0.39, 0.29) is 12.2 Å². The van der Waals surface area contributed by atoms with Crippen LogP contribution >= 0.6 is 11.3 Å². The highest BCUT2D eigenvalue weighted by atomic mass is 32.1. The van der Waals surface area contributed by atoms with Crippen LogP contribution in [0.5, 0.6) is 0 Å². The number of aromatic nitrogens is 2. The maximum atomic E-state index is 13.1. The minimum atomic E-state index is -0.741. The Morgan fingerprint density at radius 1 is 1.23 bits per heavy atom. The molecule has 2 aromatic heterocycles. The SMILES string of the molecule is O=C(Cn1ccc(-c2cccs2)n1)Nc1cc(F)cc(F)c1. The van der Waals surface area contributed by atoms with Crippen LogP contribution in [0.3, 0.4) is 0 Å². The van der Waals surface area contributed by atoms with Crippen molar-refractivity contribution in [1.82, 2.24) is 9.78 Å². The fourth-order valence-corrected chi connectivity index (χ4v) is 2.67. The largest absolute Gasteiger partial charge is 0.324 e. The Hall–Kier alpha value is -2.54. The van der Waals surface area contributed by atoms with Gasteiger partial charge in [0.25, 0.3) is 0 Å². The van der Waals surface area contributed by atoms with Crippen molar-refractivity contribution < 1.29 is 13.6 Å². The number of carbonyl (C=O) groups excluding carboxylic acids is 1. The Morgan fingerprint density at radius 3 is 2.68 bits per heavy atom. The first kappa shape index (κ1) is 14.4. The van der Waals surface area contributed by atoms with E-state index < -0.39 is 17.5 Å². The molecule has 0 fully saturated rings. The fourth-order valence-electron chi connectivity index (χ4n) is 1.98. The summed E-state index contributed by atoms with van der Waals surface area (Å²) in [5, 5.41) is 8.67. The van der Waals surface area contributed by atoms with E-state index >= 15 is 0 Å². The van der Waals surface area contributed by atoms with Crippen LogP contribution in [-0.2, 0) is 11.3 Å². The number of nitrogens with one attached hydrogen (secondary N) is 1. The second-order valence-corrected chi connectivity index (χ2v) is 5.53. The van der Waals surface area contributed by atoms with Gasteiger partial charge in [0.05, 0.1) is 4.88 Å². The molecule has 0 saturated carbocycles. The van der Waals surface area contributed by atoms with Gasteiger partial charge in [-0.05, 0) is 29.6 Å². The lowest BCUT2D eigenvalue weighted by Gasteiger charge is -2.05. The van der Waals surface area contributed by atoms with E-state index in [0.29, 0.717) is 0 Å². The number of amides is 1. The van der Waals surface area contributed by atoms with Crippen LogP contribution in [0.15, 0.2) is 48.0 Å². The zero-order valence-electron chi connectivity index (χ0n) is 11.3. The third-order valence-corrected chi connectivity index (χ3v) is 3.76. The van der Waals surface area contributed by atoms with E-state index in [4.69, 9.17) is 0 Å². The van der Waals surface area contributed by atoms with Crippen LogP contribution in [-0.4, -0.2) is 15.7 Å². The van der Waals surface area contributed by atoms with Gasteiger partial charge in [0.15, 0.2) is 0 Å². The van der Waals surface area contributed by atoms with Gasteiger partial charge in [-0.1, -0.05) is 6.07 Å². The second-order valence-electron chi connectivity index (χ2n) is 4.58. The molecular weight excluding hydrogens is 308 g/mol. The standard InChI is InChI=1S/C15H11F2N3OS/c16-10-6-11(17)8-12(7-10)18-15(21)9-20-4-3-13(19-20)14-2-1-5-22-14/h1-8H,9H2,(H,18,21). The quantitative estimate of drug-likeness (QED) is 0.800. The average Bonchev–Trinajstić information content (AvgIpc) is 3.07. The van der Waals surface area contributed by atoms with Crippen molar-refractivity contribution in [2.24, 2.45) is 0 Å². The molecule has 112 valence electrons. The predicted octanol–water partition coefficient (Wildman–Crippen LogP) is 3.53. The van der Waals surface area contributed by atoms with Gasteiger partial charge in [-0.15, -0.1) is 11.3 Å². The third kappa shape index (κ3) is 3.37. The minimum absolute atomic E-state index is 0.0382. The number of nitrogens with zero attached hydrogens (tertiary/aromatic N) is 2. The smallest absolute Gasteiger partial charge is 0.246 e. The predicted molar refractivity (Wildman–Crippen MR) is 80.5 cm³/mol. The Kier molecular flexibility index (Phi) is 3.97. The van der Waals surface area contributed by atoms with Gasteiger partial charge in [0.2, 0.25) is 5.91 Å². The van der Waals surface area contributed by atoms with Gasteiger partial charge >= 0.3 is 0 Å². The highest BCUT2D eigenvalue weighted by molar-refractivity contribution is 7.13. The normalized spacial score (nSPS) is 10.6. The summed E-state index contributed by atoms with van der Waals surface area (Å²) < 4.78 is 27.6. The van der Waals surface area contributed by atoms with Crippen molar-refractivity contribution in [2.45, 2.75) is 6.54 Å². The zero-order valence-corrected chi connectivity index (χ0v) is 12.1. The molecule has 0 unspecified atom stereocenters. The van der Waals surface area contributed by atoms with E-state index in [1.807, 2.05) is 17.5 Å². The lowest BCUT2D eigenvalue weighted by molar-refractivity contribution is -0.116. The molecule has 0 aliphatic carbocycles. The molecule has 1 aromatic carbocycles. The first-order chi connectivity index (χ1) is 10.6. The highest BCUT2D eigenvalue weighted by Crippen LogP contribution is 2.22. The summed E-state index contributed by atoms with van der Waals surface area (Å²) >= 11 is 1.55. The molecule has 0 spiro atoms. The first-order valence-electron chi connectivity index (χ1n) is 6.43. The molecule has 1 N–H and O–H groups in total. The maximum absolute atomic E-state index is 13.1.